The Morgan fingerprint density at radius 2 is 1.80 bits per heavy atom. The maximum Gasteiger partial charge on any atom is 0.276 e. The molecular formula is C23H18ClF2N5O3S. The zero-order valence-electron chi connectivity index (χ0n) is 18.2. The molecule has 12 heteroatoms. The van der Waals surface area contributed by atoms with Crippen molar-refractivity contribution in [3.63, 3.8) is 0 Å². The van der Waals surface area contributed by atoms with Gasteiger partial charge in [-0.3, -0.25) is 14.4 Å². The maximum absolute atomic E-state index is 13.3. The molecule has 3 N–H and O–H groups in total. The maximum atomic E-state index is 13.3. The Balaban J connectivity index is 0.000000308. The molecule has 3 amide bonds. The molecule has 0 bridgehead atoms. The van der Waals surface area contributed by atoms with Crippen LogP contribution >= 0.6 is 23.1 Å². The van der Waals surface area contributed by atoms with Crippen molar-refractivity contribution in [1.82, 2.24) is 19.6 Å². The molecule has 0 fully saturated rings. The lowest BCUT2D eigenvalue weighted by atomic mass is 10.2. The van der Waals surface area contributed by atoms with Gasteiger partial charge in [-0.2, -0.15) is 4.37 Å². The lowest BCUT2D eigenvalue weighted by molar-refractivity contribution is -0.122. The SMILES string of the molecule is CNC(=O)c1cc(NC(=O)c2nsc3cc(F)ccc23)c2n1CC(=O)NC2.Fc1ccc(Cl)cc1. The van der Waals surface area contributed by atoms with Gasteiger partial charge in [-0.1, -0.05) is 11.6 Å². The van der Waals surface area contributed by atoms with Crippen molar-refractivity contribution >= 4 is 56.6 Å². The minimum Gasteiger partial charge on any atom is -0.354 e. The lowest BCUT2D eigenvalue weighted by Crippen LogP contribution is -2.36. The van der Waals surface area contributed by atoms with E-state index in [2.05, 4.69) is 20.3 Å². The van der Waals surface area contributed by atoms with Gasteiger partial charge >= 0.3 is 0 Å². The molecule has 2 aromatic carbocycles. The van der Waals surface area contributed by atoms with Gasteiger partial charge in [0.25, 0.3) is 11.8 Å². The van der Waals surface area contributed by atoms with Crippen LogP contribution in [0.25, 0.3) is 10.1 Å². The van der Waals surface area contributed by atoms with E-state index in [9.17, 15) is 23.2 Å². The molecule has 3 heterocycles. The summed E-state index contributed by atoms with van der Waals surface area (Å²) in [5, 5.41) is 9.08. The second-order valence-corrected chi connectivity index (χ2v) is 8.64. The molecule has 1 aliphatic rings. The molecule has 35 heavy (non-hydrogen) atoms. The third kappa shape index (κ3) is 5.31. The molecule has 0 aliphatic carbocycles. The van der Waals surface area contributed by atoms with Crippen LogP contribution in [0.3, 0.4) is 0 Å². The van der Waals surface area contributed by atoms with Crippen molar-refractivity contribution < 1.29 is 23.2 Å². The molecule has 0 saturated heterocycles. The second-order valence-electron chi connectivity index (χ2n) is 7.39. The first kappa shape index (κ1) is 24.3. The summed E-state index contributed by atoms with van der Waals surface area (Å²) >= 11 is 6.48. The van der Waals surface area contributed by atoms with Crippen LogP contribution in [-0.4, -0.2) is 33.7 Å². The van der Waals surface area contributed by atoms with E-state index in [4.69, 9.17) is 11.6 Å². The van der Waals surface area contributed by atoms with E-state index in [1.165, 1.54) is 55.6 Å². The summed E-state index contributed by atoms with van der Waals surface area (Å²) < 4.78 is 31.6. The van der Waals surface area contributed by atoms with Crippen molar-refractivity contribution in [2.45, 2.75) is 13.1 Å². The molecular weight excluding hydrogens is 500 g/mol. The van der Waals surface area contributed by atoms with Crippen LogP contribution in [0.2, 0.25) is 5.02 Å². The number of amides is 3. The molecule has 0 unspecified atom stereocenters. The fourth-order valence-electron chi connectivity index (χ4n) is 3.45. The molecule has 180 valence electrons. The van der Waals surface area contributed by atoms with Crippen LogP contribution in [0.15, 0.2) is 48.5 Å². The van der Waals surface area contributed by atoms with Crippen molar-refractivity contribution in [1.29, 1.82) is 0 Å². The number of carbonyl (C=O) groups is 3. The number of carbonyl (C=O) groups excluding carboxylic acids is 3. The summed E-state index contributed by atoms with van der Waals surface area (Å²) in [5.74, 6) is -1.70. The van der Waals surface area contributed by atoms with E-state index >= 15 is 0 Å². The molecule has 8 nitrogen and oxygen atoms in total. The van der Waals surface area contributed by atoms with Crippen molar-refractivity contribution in [2.24, 2.45) is 0 Å². The monoisotopic (exact) mass is 517 g/mol. The largest absolute Gasteiger partial charge is 0.354 e. The fourth-order valence-corrected chi connectivity index (χ4v) is 4.38. The molecule has 0 atom stereocenters. The minimum absolute atomic E-state index is 0.00708. The number of halogens is 3. The molecule has 0 radical (unpaired) electrons. The molecule has 4 aromatic rings. The fraction of sp³-hybridized carbons (Fsp3) is 0.130. The van der Waals surface area contributed by atoms with Gasteiger partial charge in [0.15, 0.2) is 0 Å². The average Bonchev–Trinajstić information content (AvgIpc) is 3.41. The number of hydrogen-bond donors (Lipinski definition) is 3. The highest BCUT2D eigenvalue weighted by molar-refractivity contribution is 7.13. The molecule has 1 aliphatic heterocycles. The Hall–Kier alpha value is -3.83. The number of fused-ring (bicyclic) bond motifs is 2. The van der Waals surface area contributed by atoms with E-state index in [0.29, 0.717) is 26.5 Å². The quantitative estimate of drug-likeness (QED) is 0.382. The van der Waals surface area contributed by atoms with Gasteiger partial charge in [-0.05, 0) is 60.1 Å². The average molecular weight is 518 g/mol. The predicted molar refractivity (Wildman–Crippen MR) is 129 cm³/mol. The van der Waals surface area contributed by atoms with Gasteiger partial charge in [-0.25, -0.2) is 8.78 Å². The minimum atomic E-state index is -0.471. The van der Waals surface area contributed by atoms with Crippen LogP contribution in [0.1, 0.15) is 26.7 Å². The Kier molecular flexibility index (Phi) is 7.08. The van der Waals surface area contributed by atoms with Crippen molar-refractivity contribution in [3.05, 3.63) is 82.3 Å². The van der Waals surface area contributed by atoms with E-state index in [1.807, 2.05) is 0 Å². The summed E-state index contributed by atoms with van der Waals surface area (Å²) in [7, 11) is 1.49. The number of nitrogens with zero attached hydrogens (tertiary/aromatic N) is 2. The van der Waals surface area contributed by atoms with Crippen LogP contribution in [-0.2, 0) is 17.9 Å². The van der Waals surface area contributed by atoms with Gasteiger partial charge in [0.05, 0.1) is 22.6 Å². The molecule has 2 aromatic heterocycles. The summed E-state index contributed by atoms with van der Waals surface area (Å²) in [6.45, 7) is 0.182. The zero-order valence-corrected chi connectivity index (χ0v) is 19.8. The topological polar surface area (TPSA) is 105 Å². The van der Waals surface area contributed by atoms with Gasteiger partial charge in [-0.15, -0.1) is 0 Å². The van der Waals surface area contributed by atoms with Crippen LogP contribution in [0, 0.1) is 11.6 Å². The van der Waals surface area contributed by atoms with E-state index in [1.54, 1.807) is 4.57 Å². The summed E-state index contributed by atoms with van der Waals surface area (Å²) in [4.78, 5) is 36.5. The Morgan fingerprint density at radius 3 is 2.49 bits per heavy atom. The van der Waals surface area contributed by atoms with Gasteiger partial charge in [0, 0.05) is 17.5 Å². The highest BCUT2D eigenvalue weighted by atomic mass is 35.5. The van der Waals surface area contributed by atoms with Crippen molar-refractivity contribution in [2.75, 3.05) is 12.4 Å². The van der Waals surface area contributed by atoms with Gasteiger partial charge < -0.3 is 20.5 Å². The normalized spacial score (nSPS) is 12.3. The van der Waals surface area contributed by atoms with E-state index in [0.717, 1.165) is 11.5 Å². The highest BCUT2D eigenvalue weighted by Gasteiger charge is 2.26. The molecule has 0 spiro atoms. The highest BCUT2D eigenvalue weighted by Crippen LogP contribution is 2.27. The number of rotatable bonds is 3. The Bertz CT molecular complexity index is 1410. The van der Waals surface area contributed by atoms with E-state index < -0.39 is 11.7 Å². The Labute approximate surface area is 207 Å². The third-order valence-corrected chi connectivity index (χ3v) is 6.18. The number of nitrogens with one attached hydrogen (secondary N) is 3. The first-order valence-corrected chi connectivity index (χ1v) is 11.4. The number of aromatic nitrogens is 2. The summed E-state index contributed by atoms with van der Waals surface area (Å²) in [5.41, 5.74) is 1.49. The molecule has 5 rings (SSSR count). The van der Waals surface area contributed by atoms with Crippen molar-refractivity contribution in [3.8, 4) is 0 Å². The lowest BCUT2D eigenvalue weighted by Gasteiger charge is -2.19. The van der Waals surface area contributed by atoms with Crippen LogP contribution in [0.4, 0.5) is 14.5 Å². The number of hydrogen-bond acceptors (Lipinski definition) is 5. The van der Waals surface area contributed by atoms with Crippen LogP contribution in [0.5, 0.6) is 0 Å². The van der Waals surface area contributed by atoms with Gasteiger partial charge in [0.1, 0.15) is 29.6 Å². The molecule has 0 saturated carbocycles. The third-order valence-electron chi connectivity index (χ3n) is 5.12. The second kappa shape index (κ2) is 10.2. The summed E-state index contributed by atoms with van der Waals surface area (Å²) in [6, 6.07) is 11.3. The first-order valence-electron chi connectivity index (χ1n) is 10.3. The number of anilines is 1. The zero-order chi connectivity index (χ0) is 25.1. The standard InChI is InChI=1S/C17H14FN5O3S.C6H4ClF/c1-19-16(25)11-5-10(12-6-20-14(24)7-23(11)12)21-17(26)15-9-3-2-8(18)4-13(9)27-22-15;7-5-1-3-6(8)4-2-5/h2-5H,6-7H2,1H3,(H,19,25)(H,20,24)(H,21,26);1-4H. The van der Waals surface area contributed by atoms with Crippen LogP contribution < -0.4 is 16.0 Å². The predicted octanol–water partition coefficient (Wildman–Crippen LogP) is 3.96. The summed E-state index contributed by atoms with van der Waals surface area (Å²) in [6.07, 6.45) is 0. The Morgan fingerprint density at radius 1 is 1.09 bits per heavy atom. The van der Waals surface area contributed by atoms with Gasteiger partial charge in [0.2, 0.25) is 5.91 Å². The van der Waals surface area contributed by atoms with E-state index in [-0.39, 0.29) is 42.1 Å². The number of benzene rings is 2. The first-order chi connectivity index (χ1) is 16.8. The smallest absolute Gasteiger partial charge is 0.276 e.